The summed E-state index contributed by atoms with van der Waals surface area (Å²) < 4.78 is 14.6. The van der Waals surface area contributed by atoms with Crippen molar-refractivity contribution in [2.75, 3.05) is 0 Å². The lowest BCUT2D eigenvalue weighted by Gasteiger charge is -2.19. The Labute approximate surface area is 127 Å². The van der Waals surface area contributed by atoms with Gasteiger partial charge in [0.05, 0.1) is 5.69 Å². The number of hydrazine groups is 1. The molecule has 0 aliphatic rings. The standard InChI is InChI=1S/C16H18FN3O2/c1-3-10(2)20-14(11-4-6-12(17)7-5-11)9-8-13(16(20)22)15(21)19-18/h4-10H,3,18H2,1-2H3,(H,19,21). The summed E-state index contributed by atoms with van der Waals surface area (Å²) in [6.07, 6.45) is 0.710. The Hall–Kier alpha value is -2.47. The van der Waals surface area contributed by atoms with Gasteiger partial charge >= 0.3 is 0 Å². The maximum atomic E-state index is 13.1. The van der Waals surface area contributed by atoms with E-state index in [4.69, 9.17) is 5.84 Å². The fourth-order valence-electron chi connectivity index (χ4n) is 2.28. The van der Waals surface area contributed by atoms with Crippen LogP contribution in [0.1, 0.15) is 36.7 Å². The monoisotopic (exact) mass is 303 g/mol. The number of nitrogens with two attached hydrogens (primary N) is 1. The number of nitrogens with one attached hydrogen (secondary N) is 1. The number of hydrogen-bond acceptors (Lipinski definition) is 3. The van der Waals surface area contributed by atoms with Crippen LogP contribution < -0.4 is 16.8 Å². The Morgan fingerprint density at radius 2 is 1.91 bits per heavy atom. The fourth-order valence-corrected chi connectivity index (χ4v) is 2.28. The fraction of sp³-hybridized carbons (Fsp3) is 0.250. The van der Waals surface area contributed by atoms with Gasteiger partial charge < -0.3 is 4.57 Å². The molecule has 116 valence electrons. The molecule has 2 rings (SSSR count). The molecule has 5 nitrogen and oxygen atoms in total. The number of hydrogen-bond donors (Lipinski definition) is 2. The maximum Gasteiger partial charge on any atom is 0.270 e. The second-order valence-corrected chi connectivity index (χ2v) is 5.05. The molecule has 1 unspecified atom stereocenters. The second-order valence-electron chi connectivity index (χ2n) is 5.05. The van der Waals surface area contributed by atoms with E-state index in [0.717, 1.165) is 0 Å². The first-order valence-corrected chi connectivity index (χ1v) is 7.02. The van der Waals surface area contributed by atoms with Crippen LogP contribution in [0.15, 0.2) is 41.2 Å². The van der Waals surface area contributed by atoms with Gasteiger partial charge in [0.1, 0.15) is 11.4 Å². The van der Waals surface area contributed by atoms with Gasteiger partial charge in [0.15, 0.2) is 0 Å². The van der Waals surface area contributed by atoms with Crippen molar-refractivity contribution in [3.05, 3.63) is 58.1 Å². The minimum absolute atomic E-state index is 0.0198. The first-order valence-electron chi connectivity index (χ1n) is 7.02. The molecular formula is C16H18FN3O2. The number of carbonyl (C=O) groups excluding carboxylic acids is 1. The van der Waals surface area contributed by atoms with Crippen LogP contribution in [0.25, 0.3) is 11.3 Å². The number of rotatable bonds is 4. The highest BCUT2D eigenvalue weighted by Crippen LogP contribution is 2.23. The molecule has 1 amide bonds. The molecule has 0 aliphatic carbocycles. The van der Waals surface area contributed by atoms with Crippen molar-refractivity contribution in [3.63, 3.8) is 0 Å². The molecule has 0 spiro atoms. The van der Waals surface area contributed by atoms with E-state index in [9.17, 15) is 14.0 Å². The van der Waals surface area contributed by atoms with Crippen molar-refractivity contribution in [1.82, 2.24) is 9.99 Å². The highest BCUT2D eigenvalue weighted by Gasteiger charge is 2.18. The van der Waals surface area contributed by atoms with E-state index in [-0.39, 0.29) is 17.4 Å². The van der Waals surface area contributed by atoms with Gasteiger partial charge in [0, 0.05) is 6.04 Å². The van der Waals surface area contributed by atoms with Crippen LogP contribution in [0.3, 0.4) is 0 Å². The van der Waals surface area contributed by atoms with E-state index in [2.05, 4.69) is 0 Å². The maximum absolute atomic E-state index is 13.1. The lowest BCUT2D eigenvalue weighted by Crippen LogP contribution is -2.37. The number of pyridine rings is 1. The summed E-state index contributed by atoms with van der Waals surface area (Å²) in [5.74, 6) is 4.13. The van der Waals surface area contributed by atoms with Gasteiger partial charge in [-0.2, -0.15) is 0 Å². The molecule has 0 fully saturated rings. The second kappa shape index (κ2) is 6.53. The van der Waals surface area contributed by atoms with Gasteiger partial charge in [-0.15, -0.1) is 0 Å². The molecule has 2 aromatic rings. The topological polar surface area (TPSA) is 77.1 Å². The molecular weight excluding hydrogens is 285 g/mol. The summed E-state index contributed by atoms with van der Waals surface area (Å²) in [6.45, 7) is 3.83. The molecule has 1 aromatic heterocycles. The third-order valence-corrected chi connectivity index (χ3v) is 3.66. The largest absolute Gasteiger partial charge is 0.305 e. The zero-order valence-corrected chi connectivity index (χ0v) is 12.5. The number of benzene rings is 1. The van der Waals surface area contributed by atoms with Gasteiger partial charge in [-0.3, -0.25) is 15.0 Å². The molecule has 1 heterocycles. The van der Waals surface area contributed by atoms with Crippen LogP contribution >= 0.6 is 0 Å². The van der Waals surface area contributed by atoms with Gasteiger partial charge in [-0.25, -0.2) is 10.2 Å². The smallest absolute Gasteiger partial charge is 0.270 e. The number of aromatic nitrogens is 1. The molecule has 0 bridgehead atoms. The molecule has 1 atom stereocenters. The third-order valence-electron chi connectivity index (χ3n) is 3.66. The summed E-state index contributed by atoms with van der Waals surface area (Å²) >= 11 is 0. The van der Waals surface area contributed by atoms with Crippen molar-refractivity contribution in [3.8, 4) is 11.3 Å². The van der Waals surface area contributed by atoms with Crippen molar-refractivity contribution in [2.24, 2.45) is 5.84 Å². The minimum atomic E-state index is -0.632. The van der Waals surface area contributed by atoms with E-state index >= 15 is 0 Å². The van der Waals surface area contributed by atoms with Gasteiger partial charge in [0.25, 0.3) is 11.5 Å². The highest BCUT2D eigenvalue weighted by molar-refractivity contribution is 5.93. The molecule has 0 saturated heterocycles. The average molecular weight is 303 g/mol. The number of halogens is 1. The summed E-state index contributed by atoms with van der Waals surface area (Å²) in [5, 5.41) is 0. The van der Waals surface area contributed by atoms with E-state index < -0.39 is 11.5 Å². The van der Waals surface area contributed by atoms with Crippen LogP contribution in [0.4, 0.5) is 4.39 Å². The van der Waals surface area contributed by atoms with Crippen molar-refractivity contribution >= 4 is 5.91 Å². The summed E-state index contributed by atoms with van der Waals surface area (Å²) in [6, 6.07) is 8.87. The minimum Gasteiger partial charge on any atom is -0.305 e. The van der Waals surface area contributed by atoms with Gasteiger partial charge in [0.2, 0.25) is 0 Å². The number of amides is 1. The molecule has 3 N–H and O–H groups in total. The van der Waals surface area contributed by atoms with E-state index in [0.29, 0.717) is 17.7 Å². The van der Waals surface area contributed by atoms with Crippen LogP contribution in [-0.4, -0.2) is 10.5 Å². The first-order chi connectivity index (χ1) is 10.5. The number of nitrogen functional groups attached to an aromatic ring is 1. The van der Waals surface area contributed by atoms with Crippen LogP contribution in [0, 0.1) is 5.82 Å². The van der Waals surface area contributed by atoms with Crippen LogP contribution in [0.5, 0.6) is 0 Å². The van der Waals surface area contributed by atoms with Gasteiger partial charge in [-0.05, 0) is 55.3 Å². The zero-order chi connectivity index (χ0) is 16.3. The zero-order valence-electron chi connectivity index (χ0n) is 12.5. The first kappa shape index (κ1) is 15.9. The summed E-state index contributed by atoms with van der Waals surface area (Å²) in [7, 11) is 0. The molecule has 0 radical (unpaired) electrons. The van der Waals surface area contributed by atoms with E-state index in [1.807, 2.05) is 19.3 Å². The van der Waals surface area contributed by atoms with E-state index in [1.165, 1.54) is 22.8 Å². The van der Waals surface area contributed by atoms with Gasteiger partial charge in [-0.1, -0.05) is 6.92 Å². The molecule has 0 aliphatic heterocycles. The van der Waals surface area contributed by atoms with Crippen LogP contribution in [0.2, 0.25) is 0 Å². The summed E-state index contributed by atoms with van der Waals surface area (Å²) in [5.41, 5.74) is 2.87. The van der Waals surface area contributed by atoms with Crippen molar-refractivity contribution < 1.29 is 9.18 Å². The van der Waals surface area contributed by atoms with Crippen LogP contribution in [-0.2, 0) is 0 Å². The van der Waals surface area contributed by atoms with E-state index in [1.54, 1.807) is 18.2 Å². The molecule has 22 heavy (non-hydrogen) atoms. The van der Waals surface area contributed by atoms with Crippen molar-refractivity contribution in [1.29, 1.82) is 0 Å². The Morgan fingerprint density at radius 1 is 1.27 bits per heavy atom. The normalized spacial score (nSPS) is 12.0. The Bertz CT molecular complexity index is 738. The highest BCUT2D eigenvalue weighted by atomic mass is 19.1. The lowest BCUT2D eigenvalue weighted by atomic mass is 10.1. The lowest BCUT2D eigenvalue weighted by molar-refractivity contribution is 0.0951. The summed E-state index contributed by atoms with van der Waals surface area (Å²) in [4.78, 5) is 24.3. The predicted molar refractivity (Wildman–Crippen MR) is 82.8 cm³/mol. The Kier molecular flexibility index (Phi) is 4.72. The molecule has 0 saturated carbocycles. The molecule has 6 heteroatoms. The third kappa shape index (κ3) is 2.92. The van der Waals surface area contributed by atoms with Crippen molar-refractivity contribution in [2.45, 2.75) is 26.3 Å². The average Bonchev–Trinajstić information content (AvgIpc) is 2.54. The quantitative estimate of drug-likeness (QED) is 0.516. The number of carbonyl (C=O) groups is 1. The Balaban J connectivity index is 2.69. The Morgan fingerprint density at radius 3 is 2.45 bits per heavy atom. The number of nitrogens with zero attached hydrogens (tertiary/aromatic N) is 1. The predicted octanol–water partition coefficient (Wildman–Crippen LogP) is 2.23. The SMILES string of the molecule is CCC(C)n1c(-c2ccc(F)cc2)ccc(C(=O)NN)c1=O. The molecule has 1 aromatic carbocycles.